The average molecular weight is 326 g/mol. The van der Waals surface area contributed by atoms with Gasteiger partial charge in [0.05, 0.1) is 37.3 Å². The summed E-state index contributed by atoms with van der Waals surface area (Å²) in [6, 6.07) is 8.67. The Balaban J connectivity index is 1.39. The molecule has 6 heteroatoms. The van der Waals surface area contributed by atoms with E-state index in [0.717, 1.165) is 25.1 Å². The van der Waals surface area contributed by atoms with Gasteiger partial charge in [-0.05, 0) is 31.0 Å². The number of hydrogen-bond acceptors (Lipinski definition) is 4. The van der Waals surface area contributed by atoms with Crippen LogP contribution in [0.25, 0.3) is 0 Å². The largest absolute Gasteiger partial charge is 0.380 e. The molecule has 2 N–H and O–H groups in total. The van der Waals surface area contributed by atoms with Gasteiger partial charge >= 0.3 is 0 Å². The number of aromatic nitrogens is 2. The Morgan fingerprint density at radius 3 is 3.21 bits per heavy atom. The molecular formula is C18H22N4O2. The number of anilines is 1. The van der Waals surface area contributed by atoms with Crippen LogP contribution in [-0.2, 0) is 4.74 Å². The van der Waals surface area contributed by atoms with E-state index in [1.165, 1.54) is 11.9 Å². The molecule has 0 aliphatic carbocycles. The van der Waals surface area contributed by atoms with E-state index >= 15 is 0 Å². The summed E-state index contributed by atoms with van der Waals surface area (Å²) < 4.78 is 6.13. The van der Waals surface area contributed by atoms with E-state index in [0.29, 0.717) is 18.8 Å². The number of nitrogens with one attached hydrogen (secondary N) is 2. The molecule has 2 atom stereocenters. The smallest absolute Gasteiger partial charge is 0.272 e. The van der Waals surface area contributed by atoms with Gasteiger partial charge in [-0.3, -0.25) is 4.79 Å². The van der Waals surface area contributed by atoms with Crippen LogP contribution in [0, 0.1) is 6.92 Å². The SMILES string of the molecule is Cc1cccc(NC2COC3(CCN(C(=O)c4cnc[nH]4)C3)C2)c1. The average Bonchev–Trinajstić information content (AvgIpc) is 3.30. The summed E-state index contributed by atoms with van der Waals surface area (Å²) in [7, 11) is 0. The van der Waals surface area contributed by atoms with Gasteiger partial charge in [-0.15, -0.1) is 0 Å². The Hall–Kier alpha value is -2.34. The summed E-state index contributed by atoms with van der Waals surface area (Å²) in [4.78, 5) is 21.1. The molecule has 1 aromatic heterocycles. The van der Waals surface area contributed by atoms with Crippen molar-refractivity contribution in [2.24, 2.45) is 0 Å². The highest BCUT2D eigenvalue weighted by Gasteiger charge is 2.47. The van der Waals surface area contributed by atoms with Crippen molar-refractivity contribution in [3.05, 3.63) is 48.0 Å². The van der Waals surface area contributed by atoms with Crippen molar-refractivity contribution in [2.75, 3.05) is 25.0 Å². The minimum absolute atomic E-state index is 0.00284. The number of carbonyl (C=O) groups excluding carboxylic acids is 1. The van der Waals surface area contributed by atoms with Crippen LogP contribution in [0.2, 0.25) is 0 Å². The van der Waals surface area contributed by atoms with E-state index in [1.807, 2.05) is 4.90 Å². The monoisotopic (exact) mass is 326 g/mol. The van der Waals surface area contributed by atoms with Crippen molar-refractivity contribution < 1.29 is 9.53 Å². The van der Waals surface area contributed by atoms with Crippen LogP contribution in [-0.4, -0.2) is 52.1 Å². The van der Waals surface area contributed by atoms with Gasteiger partial charge in [0.1, 0.15) is 5.69 Å². The number of amides is 1. The van der Waals surface area contributed by atoms with Crippen LogP contribution in [0.5, 0.6) is 0 Å². The quantitative estimate of drug-likeness (QED) is 0.907. The Bertz CT molecular complexity index is 730. The van der Waals surface area contributed by atoms with Crippen LogP contribution in [0.3, 0.4) is 0 Å². The van der Waals surface area contributed by atoms with E-state index in [9.17, 15) is 4.79 Å². The second-order valence-corrected chi connectivity index (χ2v) is 6.85. The third-order valence-electron chi connectivity index (χ3n) is 4.93. The van der Waals surface area contributed by atoms with Gasteiger partial charge in [-0.25, -0.2) is 4.98 Å². The first-order valence-corrected chi connectivity index (χ1v) is 8.38. The highest BCUT2D eigenvalue weighted by atomic mass is 16.5. The van der Waals surface area contributed by atoms with Crippen LogP contribution in [0.15, 0.2) is 36.8 Å². The van der Waals surface area contributed by atoms with Crippen molar-refractivity contribution in [2.45, 2.75) is 31.4 Å². The topological polar surface area (TPSA) is 70.2 Å². The molecule has 3 heterocycles. The molecule has 2 fully saturated rings. The van der Waals surface area contributed by atoms with Crippen LogP contribution >= 0.6 is 0 Å². The first-order valence-electron chi connectivity index (χ1n) is 8.38. The standard InChI is InChI=1S/C18H22N4O2/c1-13-3-2-4-14(7-13)21-15-8-18(24-10-15)5-6-22(11-18)17(23)16-9-19-12-20-16/h2-4,7,9,12,15,21H,5-6,8,10-11H2,1H3,(H,19,20). The molecule has 0 radical (unpaired) electrons. The number of imidazole rings is 1. The predicted octanol–water partition coefficient (Wildman–Crippen LogP) is 2.20. The molecule has 2 aromatic rings. The van der Waals surface area contributed by atoms with E-state index in [-0.39, 0.29) is 17.6 Å². The van der Waals surface area contributed by atoms with Crippen molar-refractivity contribution in [1.29, 1.82) is 0 Å². The number of carbonyl (C=O) groups is 1. The second kappa shape index (κ2) is 5.94. The fourth-order valence-corrected chi connectivity index (χ4v) is 3.75. The molecule has 1 aromatic carbocycles. The lowest BCUT2D eigenvalue weighted by atomic mass is 9.97. The lowest BCUT2D eigenvalue weighted by Gasteiger charge is -2.23. The summed E-state index contributed by atoms with van der Waals surface area (Å²) in [5.41, 5.74) is 2.70. The fraction of sp³-hybridized carbons (Fsp3) is 0.444. The third-order valence-corrected chi connectivity index (χ3v) is 4.93. The molecule has 2 saturated heterocycles. The lowest BCUT2D eigenvalue weighted by Crippen LogP contribution is -2.36. The second-order valence-electron chi connectivity index (χ2n) is 6.85. The normalized spacial score (nSPS) is 26.2. The van der Waals surface area contributed by atoms with Crippen LogP contribution < -0.4 is 5.32 Å². The number of benzene rings is 1. The number of rotatable bonds is 3. The summed E-state index contributed by atoms with van der Waals surface area (Å²) in [6.45, 7) is 4.15. The van der Waals surface area contributed by atoms with Crippen LogP contribution in [0.4, 0.5) is 5.69 Å². The lowest BCUT2D eigenvalue weighted by molar-refractivity contribution is 0.0124. The zero-order chi connectivity index (χ0) is 16.6. The van der Waals surface area contributed by atoms with Gasteiger partial charge in [0, 0.05) is 18.7 Å². The molecular weight excluding hydrogens is 304 g/mol. The number of likely N-dealkylation sites (tertiary alicyclic amines) is 1. The van der Waals surface area contributed by atoms with Gasteiger partial charge in [-0.1, -0.05) is 12.1 Å². The number of hydrogen-bond donors (Lipinski definition) is 2. The van der Waals surface area contributed by atoms with Gasteiger partial charge in [0.15, 0.2) is 0 Å². The molecule has 2 unspecified atom stereocenters. The molecule has 2 aliphatic heterocycles. The van der Waals surface area contributed by atoms with Crippen LogP contribution in [0.1, 0.15) is 28.9 Å². The minimum atomic E-state index is -0.211. The minimum Gasteiger partial charge on any atom is -0.380 e. The molecule has 126 valence electrons. The number of ether oxygens (including phenoxy) is 1. The van der Waals surface area contributed by atoms with Crippen molar-refractivity contribution in [1.82, 2.24) is 14.9 Å². The summed E-state index contributed by atoms with van der Waals surface area (Å²) in [5.74, 6) is 0.00284. The molecule has 0 bridgehead atoms. The summed E-state index contributed by atoms with van der Waals surface area (Å²) in [5, 5.41) is 3.56. The van der Waals surface area contributed by atoms with Crippen molar-refractivity contribution in [3.63, 3.8) is 0 Å². The Morgan fingerprint density at radius 1 is 1.50 bits per heavy atom. The first kappa shape index (κ1) is 15.2. The van der Waals surface area contributed by atoms with Crippen molar-refractivity contribution >= 4 is 11.6 Å². The highest BCUT2D eigenvalue weighted by molar-refractivity contribution is 5.92. The Kier molecular flexibility index (Phi) is 3.76. The fourth-order valence-electron chi connectivity index (χ4n) is 3.75. The van der Waals surface area contributed by atoms with Crippen molar-refractivity contribution in [3.8, 4) is 0 Å². The number of aryl methyl sites for hydroxylation is 1. The van der Waals surface area contributed by atoms with E-state index in [4.69, 9.17) is 4.74 Å². The summed E-state index contributed by atoms with van der Waals surface area (Å²) in [6.07, 6.45) is 4.92. The maximum absolute atomic E-state index is 12.4. The maximum atomic E-state index is 12.4. The van der Waals surface area contributed by atoms with Gasteiger partial charge < -0.3 is 19.9 Å². The molecule has 1 spiro atoms. The number of H-pyrrole nitrogens is 1. The zero-order valence-electron chi connectivity index (χ0n) is 13.8. The molecule has 24 heavy (non-hydrogen) atoms. The zero-order valence-corrected chi connectivity index (χ0v) is 13.8. The van der Waals surface area contributed by atoms with E-state index in [1.54, 1.807) is 6.20 Å². The molecule has 2 aliphatic rings. The Labute approximate surface area is 141 Å². The molecule has 4 rings (SSSR count). The van der Waals surface area contributed by atoms with Gasteiger partial charge in [0.2, 0.25) is 0 Å². The van der Waals surface area contributed by atoms with E-state index in [2.05, 4.69) is 46.5 Å². The highest BCUT2D eigenvalue weighted by Crippen LogP contribution is 2.36. The van der Waals surface area contributed by atoms with E-state index < -0.39 is 0 Å². The molecule has 6 nitrogen and oxygen atoms in total. The summed E-state index contributed by atoms with van der Waals surface area (Å²) >= 11 is 0. The number of aromatic amines is 1. The maximum Gasteiger partial charge on any atom is 0.272 e. The predicted molar refractivity (Wildman–Crippen MR) is 91.0 cm³/mol. The Morgan fingerprint density at radius 2 is 2.42 bits per heavy atom. The number of nitrogens with zero attached hydrogens (tertiary/aromatic N) is 2. The molecule has 1 amide bonds. The van der Waals surface area contributed by atoms with Gasteiger partial charge in [0.25, 0.3) is 5.91 Å². The first-order chi connectivity index (χ1) is 11.6. The third kappa shape index (κ3) is 2.89. The van der Waals surface area contributed by atoms with Gasteiger partial charge in [-0.2, -0.15) is 0 Å². The molecule has 0 saturated carbocycles.